The number of benzene rings is 1. The molecule has 6 heteroatoms. The van der Waals surface area contributed by atoms with E-state index in [9.17, 15) is 9.18 Å². The molecule has 2 rings (SSSR count). The fraction of sp³-hybridized carbons (Fsp3) is 0.286. The van der Waals surface area contributed by atoms with E-state index in [1.165, 1.54) is 18.2 Å². The van der Waals surface area contributed by atoms with E-state index in [-0.39, 0.29) is 11.4 Å². The molecule has 106 valence electrons. The van der Waals surface area contributed by atoms with Crippen molar-refractivity contribution in [3.63, 3.8) is 0 Å². The second-order valence-corrected chi connectivity index (χ2v) is 5.34. The van der Waals surface area contributed by atoms with Gasteiger partial charge in [-0.1, -0.05) is 22.9 Å². The average Bonchev–Trinajstić information content (AvgIpc) is 2.37. The lowest BCUT2D eigenvalue weighted by Gasteiger charge is -2.06. The molecule has 0 saturated carbocycles. The van der Waals surface area contributed by atoms with Gasteiger partial charge in [-0.05, 0) is 31.2 Å². The van der Waals surface area contributed by atoms with Crippen LogP contribution in [0.25, 0.3) is 11.4 Å². The molecule has 4 nitrogen and oxygen atoms in total. The zero-order chi connectivity index (χ0) is 14.5. The molecule has 0 aliphatic carbocycles. The minimum Gasteiger partial charge on any atom is -0.311 e. The van der Waals surface area contributed by atoms with Gasteiger partial charge in [0.1, 0.15) is 11.6 Å². The summed E-state index contributed by atoms with van der Waals surface area (Å²) in [7, 11) is 0. The number of nitrogens with zero attached hydrogens (tertiary/aromatic N) is 1. The zero-order valence-electron chi connectivity index (χ0n) is 11.0. The molecule has 0 spiro atoms. The topological polar surface area (TPSA) is 57.8 Å². The van der Waals surface area contributed by atoms with Crippen LogP contribution >= 0.6 is 15.9 Å². The summed E-state index contributed by atoms with van der Waals surface area (Å²) in [6.07, 6.45) is 1.01. The van der Waals surface area contributed by atoms with Gasteiger partial charge in [0.25, 0.3) is 5.56 Å². The van der Waals surface area contributed by atoms with E-state index in [1.807, 2.05) is 0 Å². The van der Waals surface area contributed by atoms with Gasteiger partial charge in [-0.3, -0.25) is 4.79 Å². The van der Waals surface area contributed by atoms with E-state index >= 15 is 0 Å². The number of aromatic amines is 1. The summed E-state index contributed by atoms with van der Waals surface area (Å²) in [5.41, 5.74) is 0.924. The molecule has 20 heavy (non-hydrogen) atoms. The Balaban J connectivity index is 2.33. The average molecular weight is 340 g/mol. The van der Waals surface area contributed by atoms with Gasteiger partial charge < -0.3 is 10.3 Å². The Kier molecular flexibility index (Phi) is 5.03. The van der Waals surface area contributed by atoms with Crippen molar-refractivity contribution in [1.82, 2.24) is 15.3 Å². The smallest absolute Gasteiger partial charge is 0.251 e. The predicted molar refractivity (Wildman–Crippen MR) is 79.9 cm³/mol. The molecule has 2 N–H and O–H groups in total. The van der Waals surface area contributed by atoms with Crippen LogP contribution in [0.15, 0.2) is 33.5 Å². The molecule has 0 amide bonds. The Hall–Kier alpha value is -1.53. The van der Waals surface area contributed by atoms with E-state index in [0.29, 0.717) is 28.1 Å². The van der Waals surface area contributed by atoms with Gasteiger partial charge >= 0.3 is 0 Å². The first-order valence-electron chi connectivity index (χ1n) is 6.36. The molecule has 1 aromatic heterocycles. The number of aromatic nitrogens is 2. The van der Waals surface area contributed by atoms with Crippen LogP contribution in [0.3, 0.4) is 0 Å². The largest absolute Gasteiger partial charge is 0.311 e. The quantitative estimate of drug-likeness (QED) is 0.823. The van der Waals surface area contributed by atoms with Crippen LogP contribution < -0.4 is 10.9 Å². The van der Waals surface area contributed by atoms with Crippen LogP contribution in [0.2, 0.25) is 0 Å². The summed E-state index contributed by atoms with van der Waals surface area (Å²) in [4.78, 5) is 18.6. The number of halogens is 2. The van der Waals surface area contributed by atoms with Crippen LogP contribution in [0.5, 0.6) is 0 Å². The highest BCUT2D eigenvalue weighted by Crippen LogP contribution is 2.21. The maximum atomic E-state index is 13.4. The number of hydrogen-bond donors (Lipinski definition) is 2. The first kappa shape index (κ1) is 14.9. The van der Waals surface area contributed by atoms with Gasteiger partial charge in [-0.2, -0.15) is 0 Å². The van der Waals surface area contributed by atoms with Gasteiger partial charge in [0.2, 0.25) is 0 Å². The first-order valence-corrected chi connectivity index (χ1v) is 7.15. The predicted octanol–water partition coefficient (Wildman–Crippen LogP) is 2.84. The molecule has 0 unspecified atom stereocenters. The van der Waals surface area contributed by atoms with Crippen molar-refractivity contribution < 1.29 is 4.39 Å². The Morgan fingerprint density at radius 3 is 2.85 bits per heavy atom. The van der Waals surface area contributed by atoms with Crippen LogP contribution in [0.4, 0.5) is 4.39 Å². The molecule has 0 fully saturated rings. The molecular weight excluding hydrogens is 325 g/mol. The number of H-pyrrole nitrogens is 1. The van der Waals surface area contributed by atoms with Crippen molar-refractivity contribution in [3.8, 4) is 11.4 Å². The third-order valence-electron chi connectivity index (χ3n) is 2.66. The summed E-state index contributed by atoms with van der Waals surface area (Å²) >= 11 is 3.23. The van der Waals surface area contributed by atoms with Crippen LogP contribution in [-0.2, 0) is 6.54 Å². The summed E-state index contributed by atoms with van der Waals surface area (Å²) in [6, 6.07) is 5.85. The number of hydrogen-bond acceptors (Lipinski definition) is 3. The van der Waals surface area contributed by atoms with Gasteiger partial charge in [0.05, 0.1) is 5.69 Å². The fourth-order valence-electron chi connectivity index (χ4n) is 1.82. The lowest BCUT2D eigenvalue weighted by Crippen LogP contribution is -2.18. The SMILES string of the molecule is CCCNCc1cc(=O)[nH]c(-c2cc(F)cc(Br)c2)n1. The minimum absolute atomic E-state index is 0.247. The molecule has 0 bridgehead atoms. The van der Waals surface area contributed by atoms with Gasteiger partial charge in [0.15, 0.2) is 0 Å². The van der Waals surface area contributed by atoms with E-state index < -0.39 is 0 Å². The summed E-state index contributed by atoms with van der Waals surface area (Å²) < 4.78 is 14.0. The van der Waals surface area contributed by atoms with Crippen LogP contribution in [0.1, 0.15) is 19.0 Å². The van der Waals surface area contributed by atoms with Gasteiger partial charge in [-0.25, -0.2) is 9.37 Å². The van der Waals surface area contributed by atoms with Gasteiger partial charge in [0, 0.05) is 22.6 Å². The third-order valence-corrected chi connectivity index (χ3v) is 3.12. The van der Waals surface area contributed by atoms with Gasteiger partial charge in [-0.15, -0.1) is 0 Å². The van der Waals surface area contributed by atoms with E-state index in [4.69, 9.17) is 0 Å². The van der Waals surface area contributed by atoms with Crippen molar-refractivity contribution >= 4 is 15.9 Å². The highest BCUT2D eigenvalue weighted by atomic mass is 79.9. The summed E-state index contributed by atoms with van der Waals surface area (Å²) in [6.45, 7) is 3.44. The minimum atomic E-state index is -0.383. The fourth-order valence-corrected chi connectivity index (χ4v) is 2.28. The third kappa shape index (κ3) is 3.98. The zero-order valence-corrected chi connectivity index (χ0v) is 12.6. The van der Waals surface area contributed by atoms with Crippen molar-refractivity contribution in [2.45, 2.75) is 19.9 Å². The highest BCUT2D eigenvalue weighted by molar-refractivity contribution is 9.10. The monoisotopic (exact) mass is 339 g/mol. The Morgan fingerprint density at radius 2 is 2.15 bits per heavy atom. The van der Waals surface area contributed by atoms with Crippen LogP contribution in [-0.4, -0.2) is 16.5 Å². The van der Waals surface area contributed by atoms with Crippen molar-refractivity contribution in [2.24, 2.45) is 0 Å². The molecule has 0 atom stereocenters. The second kappa shape index (κ2) is 6.76. The van der Waals surface area contributed by atoms with Crippen molar-refractivity contribution in [1.29, 1.82) is 0 Å². The standard InChI is InChI=1S/C14H15BrFN3O/c1-2-3-17-8-12-7-13(20)19-14(18-12)9-4-10(15)6-11(16)5-9/h4-7,17H,2-3,8H2,1H3,(H,18,19,20). The molecule has 0 radical (unpaired) electrons. The summed E-state index contributed by atoms with van der Waals surface area (Å²) in [5, 5.41) is 3.18. The Morgan fingerprint density at radius 1 is 1.35 bits per heavy atom. The maximum Gasteiger partial charge on any atom is 0.251 e. The van der Waals surface area contributed by atoms with Crippen LogP contribution in [0, 0.1) is 5.82 Å². The van der Waals surface area contributed by atoms with Crippen molar-refractivity contribution in [2.75, 3.05) is 6.54 Å². The number of rotatable bonds is 5. The van der Waals surface area contributed by atoms with E-state index in [0.717, 1.165) is 13.0 Å². The molecular formula is C14H15BrFN3O. The number of nitrogens with one attached hydrogen (secondary N) is 2. The highest BCUT2D eigenvalue weighted by Gasteiger charge is 2.06. The lowest BCUT2D eigenvalue weighted by atomic mass is 10.2. The second-order valence-electron chi connectivity index (χ2n) is 4.42. The Bertz CT molecular complexity index is 637. The first-order chi connectivity index (χ1) is 9.58. The summed E-state index contributed by atoms with van der Waals surface area (Å²) in [5.74, 6) is -0.0162. The molecule has 0 saturated heterocycles. The molecule has 1 heterocycles. The molecule has 0 aliphatic heterocycles. The molecule has 2 aromatic rings. The normalized spacial score (nSPS) is 10.8. The van der Waals surface area contributed by atoms with Crippen molar-refractivity contribution in [3.05, 3.63) is 50.6 Å². The lowest BCUT2D eigenvalue weighted by molar-refractivity contribution is 0.627. The molecule has 0 aliphatic rings. The van der Waals surface area contributed by atoms with E-state index in [2.05, 4.69) is 38.1 Å². The Labute approximate surface area is 124 Å². The maximum absolute atomic E-state index is 13.4. The molecule has 1 aromatic carbocycles. The van der Waals surface area contributed by atoms with E-state index in [1.54, 1.807) is 6.07 Å².